The summed E-state index contributed by atoms with van der Waals surface area (Å²) < 4.78 is 16.8. The van der Waals surface area contributed by atoms with Crippen molar-refractivity contribution in [2.75, 3.05) is 41.0 Å². The van der Waals surface area contributed by atoms with Gasteiger partial charge in [-0.2, -0.15) is 0 Å². The highest BCUT2D eigenvalue weighted by molar-refractivity contribution is 5.80. The number of piperidine rings is 1. The third-order valence-corrected chi connectivity index (χ3v) is 7.56. The van der Waals surface area contributed by atoms with E-state index in [0.717, 1.165) is 43.9 Å². The molecule has 1 N–H and O–H groups in total. The number of hydrogen-bond donors (Lipinski definition) is 1. The predicted molar refractivity (Wildman–Crippen MR) is 134 cm³/mol. The lowest BCUT2D eigenvalue weighted by Crippen LogP contribution is -2.49. The molecule has 1 aromatic carbocycles. The van der Waals surface area contributed by atoms with Crippen LogP contribution in [0.4, 0.5) is 4.79 Å². The first-order valence-corrected chi connectivity index (χ1v) is 12.7. The van der Waals surface area contributed by atoms with Gasteiger partial charge in [-0.05, 0) is 66.2 Å². The number of nitrogens with zero attached hydrogens (tertiary/aromatic N) is 2. The molecule has 0 radical (unpaired) electrons. The SMILES string of the molecule is COc1cc2c(cc1OC)C1CC(COC(=O)N(C)C(C(=O)O)C(C)C)C(CC(C)C)CN1CC2. The second-order valence-corrected chi connectivity index (χ2v) is 10.8. The van der Waals surface area contributed by atoms with E-state index in [1.807, 2.05) is 0 Å². The maximum absolute atomic E-state index is 12.8. The minimum Gasteiger partial charge on any atom is -0.493 e. The summed E-state index contributed by atoms with van der Waals surface area (Å²) in [6.45, 7) is 10.3. The number of rotatable bonds is 9. The largest absolute Gasteiger partial charge is 0.493 e. The van der Waals surface area contributed by atoms with Crippen LogP contribution in [0.25, 0.3) is 0 Å². The fraction of sp³-hybridized carbons (Fsp3) is 0.704. The standard InChI is InChI=1S/C27H42N2O6/c1-16(2)10-19-14-29-9-8-18-12-23(33-6)24(34-7)13-21(18)22(29)11-20(19)15-35-27(32)28(5)25(17(3)4)26(30)31/h12-13,16-17,19-20,22,25H,8-11,14-15H2,1-7H3,(H,30,31). The van der Waals surface area contributed by atoms with Gasteiger partial charge in [0, 0.05) is 26.2 Å². The van der Waals surface area contributed by atoms with Crippen molar-refractivity contribution in [2.24, 2.45) is 23.7 Å². The number of methoxy groups -OCH3 is 2. The minimum absolute atomic E-state index is 0.192. The Morgan fingerprint density at radius 3 is 2.34 bits per heavy atom. The molecule has 0 aromatic heterocycles. The van der Waals surface area contributed by atoms with Crippen LogP contribution in [0.5, 0.6) is 11.5 Å². The molecule has 8 nitrogen and oxygen atoms in total. The highest BCUT2D eigenvalue weighted by Crippen LogP contribution is 2.45. The van der Waals surface area contributed by atoms with E-state index in [4.69, 9.17) is 14.2 Å². The lowest BCUT2D eigenvalue weighted by molar-refractivity contribution is -0.143. The molecule has 2 aliphatic heterocycles. The van der Waals surface area contributed by atoms with Crippen LogP contribution < -0.4 is 9.47 Å². The molecule has 1 aromatic rings. The van der Waals surface area contributed by atoms with Crippen molar-refractivity contribution >= 4 is 12.1 Å². The van der Waals surface area contributed by atoms with Gasteiger partial charge < -0.3 is 19.3 Å². The number of aliphatic carboxylic acids is 1. The highest BCUT2D eigenvalue weighted by Gasteiger charge is 2.40. The van der Waals surface area contributed by atoms with Gasteiger partial charge in [-0.3, -0.25) is 9.80 Å². The lowest BCUT2D eigenvalue weighted by atomic mass is 9.74. The number of fused-ring (bicyclic) bond motifs is 3. The zero-order valence-electron chi connectivity index (χ0n) is 22.2. The summed E-state index contributed by atoms with van der Waals surface area (Å²) in [5.74, 6) is 1.39. The van der Waals surface area contributed by atoms with E-state index in [2.05, 4.69) is 30.9 Å². The molecule has 0 aliphatic carbocycles. The van der Waals surface area contributed by atoms with Crippen molar-refractivity contribution in [3.8, 4) is 11.5 Å². The van der Waals surface area contributed by atoms with Crippen LogP contribution in [-0.2, 0) is 16.0 Å². The number of amides is 1. The molecule has 4 atom stereocenters. The molecule has 1 amide bonds. The Balaban J connectivity index is 1.80. The molecule has 35 heavy (non-hydrogen) atoms. The van der Waals surface area contributed by atoms with Crippen molar-refractivity contribution in [3.63, 3.8) is 0 Å². The first-order chi connectivity index (χ1) is 16.6. The molecule has 2 aliphatic rings. The number of hydrogen-bond acceptors (Lipinski definition) is 6. The summed E-state index contributed by atoms with van der Waals surface area (Å²) in [7, 11) is 4.82. The van der Waals surface area contributed by atoms with E-state index in [1.165, 1.54) is 23.1 Å². The Labute approximate surface area is 209 Å². The zero-order valence-corrected chi connectivity index (χ0v) is 22.2. The number of carboxylic acids is 1. The first-order valence-electron chi connectivity index (χ1n) is 12.7. The third-order valence-electron chi connectivity index (χ3n) is 7.56. The van der Waals surface area contributed by atoms with Gasteiger partial charge in [-0.1, -0.05) is 27.7 Å². The summed E-state index contributed by atoms with van der Waals surface area (Å²) in [5, 5.41) is 9.55. The topological polar surface area (TPSA) is 88.5 Å². The summed E-state index contributed by atoms with van der Waals surface area (Å²) >= 11 is 0. The molecule has 8 heteroatoms. The first kappa shape index (κ1) is 27.1. The maximum atomic E-state index is 12.8. The average Bonchev–Trinajstić information content (AvgIpc) is 2.80. The Bertz CT molecular complexity index is 902. The molecule has 0 saturated carbocycles. The molecule has 2 heterocycles. The minimum atomic E-state index is -1.02. The molecule has 0 bridgehead atoms. The van der Waals surface area contributed by atoms with E-state index in [1.54, 1.807) is 28.1 Å². The number of carboxylic acid groups (broad SMARTS) is 1. The summed E-state index contributed by atoms with van der Waals surface area (Å²) in [5.41, 5.74) is 2.54. The van der Waals surface area contributed by atoms with Crippen molar-refractivity contribution in [1.82, 2.24) is 9.80 Å². The van der Waals surface area contributed by atoms with Crippen LogP contribution in [0.15, 0.2) is 12.1 Å². The van der Waals surface area contributed by atoms with Gasteiger partial charge in [0.05, 0.1) is 20.8 Å². The van der Waals surface area contributed by atoms with Gasteiger partial charge in [-0.15, -0.1) is 0 Å². The fourth-order valence-corrected chi connectivity index (χ4v) is 5.87. The van der Waals surface area contributed by atoms with Crippen LogP contribution >= 0.6 is 0 Å². The van der Waals surface area contributed by atoms with Gasteiger partial charge in [0.1, 0.15) is 6.04 Å². The zero-order chi connectivity index (χ0) is 25.9. The van der Waals surface area contributed by atoms with Crippen molar-refractivity contribution in [1.29, 1.82) is 0 Å². The molecule has 1 fully saturated rings. The smallest absolute Gasteiger partial charge is 0.410 e. The van der Waals surface area contributed by atoms with Gasteiger partial charge in [-0.25, -0.2) is 9.59 Å². The molecule has 1 saturated heterocycles. The van der Waals surface area contributed by atoms with Crippen LogP contribution in [0, 0.1) is 23.7 Å². The van der Waals surface area contributed by atoms with Crippen molar-refractivity contribution in [3.05, 3.63) is 23.3 Å². The molecule has 4 unspecified atom stereocenters. The Morgan fingerprint density at radius 1 is 1.11 bits per heavy atom. The van der Waals surface area contributed by atoms with Crippen molar-refractivity contribution < 1.29 is 28.9 Å². The normalized spacial score (nSPS) is 22.8. The van der Waals surface area contributed by atoms with Gasteiger partial charge in [0.2, 0.25) is 0 Å². The molecular formula is C27H42N2O6. The number of benzene rings is 1. The third kappa shape index (κ3) is 6.02. The predicted octanol–water partition coefficient (Wildman–Crippen LogP) is 4.46. The highest BCUT2D eigenvalue weighted by atomic mass is 16.6. The van der Waals surface area contributed by atoms with Gasteiger partial charge >= 0.3 is 12.1 Å². The van der Waals surface area contributed by atoms with Crippen LogP contribution in [0.1, 0.15) is 57.7 Å². The molecule has 3 rings (SSSR count). The Hall–Kier alpha value is -2.48. The number of carbonyl (C=O) groups excluding carboxylic acids is 1. The van der Waals surface area contributed by atoms with Crippen molar-refractivity contribution in [2.45, 2.75) is 59.0 Å². The summed E-state index contributed by atoms with van der Waals surface area (Å²) in [6.07, 6.45) is 2.33. The quantitative estimate of drug-likeness (QED) is 0.547. The Kier molecular flexibility index (Phi) is 8.91. The van der Waals surface area contributed by atoms with Gasteiger partial charge in [0.25, 0.3) is 0 Å². The fourth-order valence-electron chi connectivity index (χ4n) is 5.87. The van der Waals surface area contributed by atoms with E-state index < -0.39 is 18.1 Å². The number of ether oxygens (including phenoxy) is 3. The summed E-state index contributed by atoms with van der Waals surface area (Å²) in [6, 6.07) is 3.51. The molecule has 0 spiro atoms. The second kappa shape index (κ2) is 11.5. The molecule has 196 valence electrons. The number of likely N-dealkylation sites (N-methyl/N-ethyl adjacent to an activating group) is 1. The van der Waals surface area contributed by atoms with E-state index in [0.29, 0.717) is 11.8 Å². The monoisotopic (exact) mass is 490 g/mol. The lowest BCUT2D eigenvalue weighted by Gasteiger charge is -2.47. The summed E-state index contributed by atoms with van der Waals surface area (Å²) in [4.78, 5) is 28.2. The van der Waals surface area contributed by atoms with Crippen LogP contribution in [0.2, 0.25) is 0 Å². The Morgan fingerprint density at radius 2 is 1.77 bits per heavy atom. The van der Waals surface area contributed by atoms with Crippen LogP contribution in [0.3, 0.4) is 0 Å². The van der Waals surface area contributed by atoms with Crippen LogP contribution in [-0.4, -0.2) is 74.0 Å². The van der Waals surface area contributed by atoms with E-state index >= 15 is 0 Å². The van der Waals surface area contributed by atoms with E-state index in [-0.39, 0.29) is 24.5 Å². The number of carbonyl (C=O) groups is 2. The van der Waals surface area contributed by atoms with Gasteiger partial charge in [0.15, 0.2) is 11.5 Å². The maximum Gasteiger partial charge on any atom is 0.410 e. The second-order valence-electron chi connectivity index (χ2n) is 10.8. The van der Waals surface area contributed by atoms with E-state index in [9.17, 15) is 14.7 Å². The average molecular weight is 491 g/mol. The molecular weight excluding hydrogens is 448 g/mol.